The Hall–Kier alpha value is -1.36. The van der Waals surface area contributed by atoms with E-state index in [-0.39, 0.29) is 5.56 Å². The zero-order chi connectivity index (χ0) is 15.4. The van der Waals surface area contributed by atoms with Gasteiger partial charge in [-0.05, 0) is 18.6 Å². The summed E-state index contributed by atoms with van der Waals surface area (Å²) in [6.07, 6.45) is 2.23. The van der Waals surface area contributed by atoms with Crippen molar-refractivity contribution in [1.82, 2.24) is 4.57 Å². The molecule has 0 unspecified atom stereocenters. The number of aryl methyl sites for hydroxylation is 1. The Labute approximate surface area is 137 Å². The lowest BCUT2D eigenvalue weighted by Gasteiger charge is -2.10. The number of nitrogen functional groups attached to an aromatic ring is 1. The molecule has 4 nitrogen and oxygen atoms in total. The molecule has 2 N–H and O–H groups in total. The number of anilines is 1. The van der Waals surface area contributed by atoms with Crippen LogP contribution in [0.25, 0.3) is 0 Å². The molecule has 0 bridgehead atoms. The van der Waals surface area contributed by atoms with E-state index in [1.165, 1.54) is 16.7 Å². The highest BCUT2D eigenvalue weighted by Gasteiger charge is 2.07. The zero-order valence-electron chi connectivity index (χ0n) is 11.0. The summed E-state index contributed by atoms with van der Waals surface area (Å²) in [7, 11) is 0. The van der Waals surface area contributed by atoms with Crippen molar-refractivity contribution in [2.75, 3.05) is 12.3 Å². The van der Waals surface area contributed by atoms with Crippen LogP contribution in [0, 0.1) is 0 Å². The minimum absolute atomic E-state index is 0.100. The highest BCUT2D eigenvalue weighted by Crippen LogP contribution is 2.33. The van der Waals surface area contributed by atoms with Gasteiger partial charge < -0.3 is 15.0 Å². The summed E-state index contributed by atoms with van der Waals surface area (Å²) in [6.45, 7) is 0.891. The van der Waals surface area contributed by atoms with Gasteiger partial charge in [-0.25, -0.2) is 0 Å². The third-order valence-electron chi connectivity index (χ3n) is 2.78. The second-order valence-electron chi connectivity index (χ2n) is 4.39. The van der Waals surface area contributed by atoms with Crippen LogP contribution in [0.5, 0.6) is 5.75 Å². The van der Waals surface area contributed by atoms with Crippen LogP contribution in [0.3, 0.4) is 0 Å². The summed E-state index contributed by atoms with van der Waals surface area (Å²) < 4.78 is 7.08. The number of hydrogen-bond donors (Lipinski definition) is 1. The standard InChI is InChI=1S/C14H13Cl3N2O2/c15-10-6-12(17)13(7-11(10)16)21-5-1-4-19-8-9(18)2-3-14(19)20/h2-3,6-8H,1,4-5,18H2. The minimum Gasteiger partial charge on any atom is -0.492 e. The average Bonchev–Trinajstić information content (AvgIpc) is 2.43. The van der Waals surface area contributed by atoms with Crippen LogP contribution in [0.4, 0.5) is 5.69 Å². The Morgan fingerprint density at radius 2 is 1.81 bits per heavy atom. The van der Waals surface area contributed by atoms with Crippen molar-refractivity contribution < 1.29 is 4.74 Å². The van der Waals surface area contributed by atoms with Gasteiger partial charge in [0, 0.05) is 30.6 Å². The van der Waals surface area contributed by atoms with Crippen molar-refractivity contribution >= 4 is 40.5 Å². The van der Waals surface area contributed by atoms with Crippen molar-refractivity contribution in [3.8, 4) is 5.75 Å². The molecule has 0 saturated heterocycles. The molecule has 2 rings (SSSR count). The first-order chi connectivity index (χ1) is 9.97. The maximum Gasteiger partial charge on any atom is 0.250 e. The van der Waals surface area contributed by atoms with Crippen LogP contribution in [-0.2, 0) is 6.54 Å². The number of nitrogens with two attached hydrogens (primary N) is 1. The van der Waals surface area contributed by atoms with Gasteiger partial charge in [0.1, 0.15) is 5.75 Å². The number of pyridine rings is 1. The predicted octanol–water partition coefficient (Wildman–Crippen LogP) is 3.86. The number of rotatable bonds is 5. The lowest BCUT2D eigenvalue weighted by atomic mass is 10.3. The minimum atomic E-state index is -0.100. The third-order valence-corrected chi connectivity index (χ3v) is 3.80. The molecule has 1 aromatic heterocycles. The second kappa shape index (κ2) is 7.07. The predicted molar refractivity (Wildman–Crippen MR) is 86.7 cm³/mol. The second-order valence-corrected chi connectivity index (χ2v) is 5.61. The molecule has 1 heterocycles. The van der Waals surface area contributed by atoms with E-state index in [2.05, 4.69) is 0 Å². The normalized spacial score (nSPS) is 10.6. The number of ether oxygens (including phenoxy) is 1. The SMILES string of the molecule is Nc1ccc(=O)n(CCCOc2cc(Cl)c(Cl)cc2Cl)c1. The monoisotopic (exact) mass is 346 g/mol. The van der Waals surface area contributed by atoms with E-state index in [4.69, 9.17) is 45.3 Å². The van der Waals surface area contributed by atoms with Crippen LogP contribution in [-0.4, -0.2) is 11.2 Å². The maximum absolute atomic E-state index is 11.6. The Morgan fingerprint density at radius 3 is 2.57 bits per heavy atom. The van der Waals surface area contributed by atoms with Crippen molar-refractivity contribution in [2.45, 2.75) is 13.0 Å². The van der Waals surface area contributed by atoms with Gasteiger partial charge in [0.05, 0.1) is 21.7 Å². The van der Waals surface area contributed by atoms with E-state index in [1.54, 1.807) is 18.3 Å². The fraction of sp³-hybridized carbons (Fsp3) is 0.214. The molecule has 0 aliphatic heterocycles. The van der Waals surface area contributed by atoms with Gasteiger partial charge in [0.2, 0.25) is 0 Å². The van der Waals surface area contributed by atoms with Crippen LogP contribution < -0.4 is 16.0 Å². The van der Waals surface area contributed by atoms with Crippen molar-refractivity contribution in [1.29, 1.82) is 0 Å². The number of hydrogen-bond acceptors (Lipinski definition) is 3. The van der Waals surface area contributed by atoms with Crippen LogP contribution >= 0.6 is 34.8 Å². The molecule has 2 aromatic rings. The van der Waals surface area contributed by atoms with Gasteiger partial charge in [-0.15, -0.1) is 0 Å². The lowest BCUT2D eigenvalue weighted by Crippen LogP contribution is -2.20. The van der Waals surface area contributed by atoms with Gasteiger partial charge in [-0.3, -0.25) is 4.79 Å². The fourth-order valence-corrected chi connectivity index (χ4v) is 2.35. The number of aromatic nitrogens is 1. The molecule has 0 atom stereocenters. The summed E-state index contributed by atoms with van der Waals surface area (Å²) in [5.41, 5.74) is 6.08. The van der Waals surface area contributed by atoms with E-state index in [0.717, 1.165) is 0 Å². The Balaban J connectivity index is 1.92. The van der Waals surface area contributed by atoms with E-state index < -0.39 is 0 Å². The molecule has 0 aliphatic carbocycles. The summed E-state index contributed by atoms with van der Waals surface area (Å²) in [6, 6.07) is 6.11. The molecule has 0 aliphatic rings. The van der Waals surface area contributed by atoms with Crippen LogP contribution in [0.15, 0.2) is 35.3 Å². The molecule has 7 heteroatoms. The van der Waals surface area contributed by atoms with Crippen molar-refractivity contribution in [3.05, 3.63) is 55.9 Å². The van der Waals surface area contributed by atoms with E-state index >= 15 is 0 Å². The Bertz CT molecular complexity index is 701. The average molecular weight is 348 g/mol. The first-order valence-electron chi connectivity index (χ1n) is 6.20. The Kier molecular flexibility index (Phi) is 5.39. The number of benzene rings is 1. The molecule has 21 heavy (non-hydrogen) atoms. The van der Waals surface area contributed by atoms with Crippen LogP contribution in [0.2, 0.25) is 15.1 Å². The molecule has 0 radical (unpaired) electrons. The fourth-order valence-electron chi connectivity index (χ4n) is 1.76. The first-order valence-corrected chi connectivity index (χ1v) is 7.34. The third kappa shape index (κ3) is 4.30. The van der Waals surface area contributed by atoms with E-state index in [1.807, 2.05) is 0 Å². The molecule has 0 spiro atoms. The summed E-state index contributed by atoms with van der Waals surface area (Å²) >= 11 is 17.7. The highest BCUT2D eigenvalue weighted by atomic mass is 35.5. The van der Waals surface area contributed by atoms with Gasteiger partial charge in [-0.2, -0.15) is 0 Å². The van der Waals surface area contributed by atoms with E-state index in [0.29, 0.717) is 46.1 Å². The summed E-state index contributed by atoms with van der Waals surface area (Å²) in [4.78, 5) is 11.6. The molecular weight excluding hydrogens is 335 g/mol. The van der Waals surface area contributed by atoms with Gasteiger partial charge in [0.25, 0.3) is 5.56 Å². The van der Waals surface area contributed by atoms with E-state index in [9.17, 15) is 4.79 Å². The lowest BCUT2D eigenvalue weighted by molar-refractivity contribution is 0.301. The smallest absolute Gasteiger partial charge is 0.250 e. The number of halogens is 3. The highest BCUT2D eigenvalue weighted by molar-refractivity contribution is 6.43. The molecular formula is C14H13Cl3N2O2. The Morgan fingerprint density at radius 1 is 1.10 bits per heavy atom. The van der Waals surface area contributed by atoms with Gasteiger partial charge >= 0.3 is 0 Å². The zero-order valence-corrected chi connectivity index (χ0v) is 13.3. The maximum atomic E-state index is 11.6. The molecule has 0 fully saturated rings. The first kappa shape index (κ1) is 16.0. The largest absolute Gasteiger partial charge is 0.492 e. The molecule has 0 saturated carbocycles. The summed E-state index contributed by atoms with van der Waals surface area (Å²) in [5, 5.41) is 1.15. The molecule has 0 amide bonds. The molecule has 112 valence electrons. The van der Waals surface area contributed by atoms with Gasteiger partial charge in [-0.1, -0.05) is 34.8 Å². The van der Waals surface area contributed by atoms with Crippen molar-refractivity contribution in [2.24, 2.45) is 0 Å². The topological polar surface area (TPSA) is 57.2 Å². The number of nitrogens with zero attached hydrogens (tertiary/aromatic N) is 1. The van der Waals surface area contributed by atoms with Crippen molar-refractivity contribution in [3.63, 3.8) is 0 Å². The summed E-state index contributed by atoms with van der Waals surface area (Å²) in [5.74, 6) is 0.464. The quantitative estimate of drug-likeness (QED) is 0.660. The molecule has 1 aromatic carbocycles. The van der Waals surface area contributed by atoms with Gasteiger partial charge in [0.15, 0.2) is 0 Å². The van der Waals surface area contributed by atoms with Crippen LogP contribution in [0.1, 0.15) is 6.42 Å².